The van der Waals surface area contributed by atoms with E-state index in [-0.39, 0.29) is 6.17 Å². The van der Waals surface area contributed by atoms with Crippen LogP contribution in [0, 0.1) is 5.92 Å². The molecule has 4 aliphatic rings. The van der Waals surface area contributed by atoms with Crippen molar-refractivity contribution in [2.45, 2.75) is 25.2 Å². The van der Waals surface area contributed by atoms with E-state index >= 15 is 0 Å². The Morgan fingerprint density at radius 3 is 2.85 bits per heavy atom. The molecule has 4 rings (SSSR count). The largest absolute Gasteiger partial charge is 0.573 e. The summed E-state index contributed by atoms with van der Waals surface area (Å²) in [4.78, 5) is 18.8. The van der Waals surface area contributed by atoms with E-state index in [4.69, 9.17) is 4.74 Å². The number of aliphatic imine (C=N–C) groups is 1. The third-order valence-electron chi connectivity index (χ3n) is 4.59. The first kappa shape index (κ1) is 18.0. The van der Waals surface area contributed by atoms with Crippen molar-refractivity contribution in [3.8, 4) is 0 Å². The SMILES string of the molecule is O=C1OC(C2=CCC(N3CCNC3)NN2)N=C2C=CC(OC(F)(F)F)=CC12. The highest BCUT2D eigenvalue weighted by atomic mass is 19.4. The third-order valence-corrected chi connectivity index (χ3v) is 4.59. The van der Waals surface area contributed by atoms with Gasteiger partial charge in [0.05, 0.1) is 17.6 Å². The van der Waals surface area contributed by atoms with E-state index in [0.717, 1.165) is 31.9 Å². The normalized spacial score (nSPS) is 31.3. The van der Waals surface area contributed by atoms with Gasteiger partial charge >= 0.3 is 12.3 Å². The first-order valence-electron chi connectivity index (χ1n) is 8.49. The van der Waals surface area contributed by atoms with Crippen LogP contribution in [0.15, 0.2) is 40.8 Å². The number of hydrogen-bond donors (Lipinski definition) is 3. The standard InChI is InChI=1S/C16H18F3N5O3/c17-16(18,19)27-9-1-2-11-10(7-9)15(25)26-14(21-11)12-3-4-13(23-22-12)24-6-5-20-8-24/h1-3,7,10,13-14,20,22-23H,4-6,8H2. The summed E-state index contributed by atoms with van der Waals surface area (Å²) in [5.74, 6) is -2.14. The van der Waals surface area contributed by atoms with Crippen molar-refractivity contribution in [3.63, 3.8) is 0 Å². The van der Waals surface area contributed by atoms with E-state index < -0.39 is 30.2 Å². The predicted molar refractivity (Wildman–Crippen MR) is 87.5 cm³/mol. The molecule has 0 spiro atoms. The zero-order valence-electron chi connectivity index (χ0n) is 14.1. The molecule has 0 bridgehead atoms. The number of carbonyl (C=O) groups excluding carboxylic acids is 1. The maximum Gasteiger partial charge on any atom is 0.573 e. The number of esters is 1. The van der Waals surface area contributed by atoms with Gasteiger partial charge in [-0.3, -0.25) is 9.69 Å². The minimum Gasteiger partial charge on any atom is -0.433 e. The van der Waals surface area contributed by atoms with Crippen LogP contribution < -0.4 is 16.2 Å². The minimum atomic E-state index is -4.82. The summed E-state index contributed by atoms with van der Waals surface area (Å²) in [6.07, 6.45) is 0.566. The van der Waals surface area contributed by atoms with Crippen LogP contribution in [0.2, 0.25) is 0 Å². The van der Waals surface area contributed by atoms with Gasteiger partial charge in [-0.25, -0.2) is 10.4 Å². The Bertz CT molecular complexity index is 740. The highest BCUT2D eigenvalue weighted by Crippen LogP contribution is 2.29. The molecular weight excluding hydrogens is 367 g/mol. The van der Waals surface area contributed by atoms with Gasteiger partial charge in [-0.05, 0) is 24.6 Å². The van der Waals surface area contributed by atoms with E-state index in [1.165, 1.54) is 6.08 Å². The number of nitrogens with one attached hydrogen (secondary N) is 3. The molecule has 0 saturated carbocycles. The fraction of sp³-hybridized carbons (Fsp3) is 0.500. The van der Waals surface area contributed by atoms with Crippen molar-refractivity contribution >= 4 is 11.7 Å². The van der Waals surface area contributed by atoms with Gasteiger partial charge in [0.15, 0.2) is 0 Å². The lowest BCUT2D eigenvalue weighted by atomic mass is 9.96. The second-order valence-corrected chi connectivity index (χ2v) is 6.42. The van der Waals surface area contributed by atoms with Crippen molar-refractivity contribution in [1.29, 1.82) is 0 Å². The number of fused-ring (bicyclic) bond motifs is 1. The molecule has 11 heteroatoms. The van der Waals surface area contributed by atoms with Gasteiger partial charge < -0.3 is 20.2 Å². The average molecular weight is 385 g/mol. The van der Waals surface area contributed by atoms with E-state index in [9.17, 15) is 18.0 Å². The molecule has 0 amide bonds. The number of alkyl halides is 3. The summed E-state index contributed by atoms with van der Waals surface area (Å²) < 4.78 is 46.2. The van der Waals surface area contributed by atoms with Crippen molar-refractivity contribution in [1.82, 2.24) is 21.1 Å². The smallest absolute Gasteiger partial charge is 0.433 e. The molecule has 0 aromatic heterocycles. The average Bonchev–Trinajstić information content (AvgIpc) is 3.15. The highest BCUT2D eigenvalue weighted by molar-refractivity contribution is 6.12. The second-order valence-electron chi connectivity index (χ2n) is 6.42. The Morgan fingerprint density at radius 2 is 2.19 bits per heavy atom. The van der Waals surface area contributed by atoms with Crippen LogP contribution in [0.25, 0.3) is 0 Å². The number of carbonyl (C=O) groups is 1. The minimum absolute atomic E-state index is 0.114. The summed E-state index contributed by atoms with van der Waals surface area (Å²) in [5, 5.41) is 3.25. The predicted octanol–water partition coefficient (Wildman–Crippen LogP) is 0.487. The monoisotopic (exact) mass is 385 g/mol. The number of rotatable bonds is 3. The number of hydrazine groups is 1. The van der Waals surface area contributed by atoms with Crippen molar-refractivity contribution in [2.24, 2.45) is 10.9 Å². The number of ether oxygens (including phenoxy) is 2. The van der Waals surface area contributed by atoms with Crippen LogP contribution in [0.3, 0.4) is 0 Å². The molecule has 3 unspecified atom stereocenters. The van der Waals surface area contributed by atoms with Crippen molar-refractivity contribution in [2.75, 3.05) is 19.8 Å². The van der Waals surface area contributed by atoms with Crippen LogP contribution in [0.1, 0.15) is 6.42 Å². The number of hydrogen-bond acceptors (Lipinski definition) is 8. The van der Waals surface area contributed by atoms with Crippen molar-refractivity contribution in [3.05, 3.63) is 35.8 Å². The molecule has 3 atom stereocenters. The summed E-state index contributed by atoms with van der Waals surface area (Å²) in [7, 11) is 0. The second kappa shape index (κ2) is 6.98. The summed E-state index contributed by atoms with van der Waals surface area (Å²) in [5.41, 5.74) is 7.10. The number of halogens is 3. The van der Waals surface area contributed by atoms with E-state index in [0.29, 0.717) is 17.8 Å². The molecule has 1 saturated heterocycles. The molecule has 3 N–H and O–H groups in total. The number of allylic oxidation sites excluding steroid dienone is 2. The molecule has 1 fully saturated rings. The lowest BCUT2D eigenvalue weighted by Crippen LogP contribution is -2.54. The first-order valence-corrected chi connectivity index (χ1v) is 8.49. The molecule has 0 aromatic carbocycles. The molecule has 1 aliphatic carbocycles. The molecule has 0 radical (unpaired) electrons. The lowest BCUT2D eigenvalue weighted by Gasteiger charge is -2.34. The zero-order valence-corrected chi connectivity index (χ0v) is 14.1. The summed E-state index contributed by atoms with van der Waals surface area (Å²) in [6.45, 7) is 2.67. The molecule has 0 aromatic rings. The van der Waals surface area contributed by atoms with E-state index in [1.54, 1.807) is 0 Å². The van der Waals surface area contributed by atoms with Gasteiger partial charge in [-0.1, -0.05) is 6.08 Å². The van der Waals surface area contributed by atoms with E-state index in [1.807, 2.05) is 6.08 Å². The lowest BCUT2D eigenvalue weighted by molar-refractivity contribution is -0.303. The summed E-state index contributed by atoms with van der Waals surface area (Å²) in [6, 6.07) is 0. The maximum atomic E-state index is 12.3. The Labute approximate surface area is 152 Å². The first-order chi connectivity index (χ1) is 12.9. The number of cyclic esters (lactones) is 1. The fourth-order valence-electron chi connectivity index (χ4n) is 3.28. The highest BCUT2D eigenvalue weighted by Gasteiger charge is 2.38. The molecule has 8 nitrogen and oxygen atoms in total. The van der Waals surface area contributed by atoms with Gasteiger partial charge in [0.2, 0.25) is 6.23 Å². The Kier molecular flexibility index (Phi) is 4.66. The molecule has 3 aliphatic heterocycles. The van der Waals surface area contributed by atoms with Gasteiger partial charge in [-0.15, -0.1) is 13.2 Å². The van der Waals surface area contributed by atoms with Crippen LogP contribution in [0.5, 0.6) is 0 Å². The van der Waals surface area contributed by atoms with Crippen molar-refractivity contribution < 1.29 is 27.4 Å². The maximum absolute atomic E-state index is 12.3. The van der Waals surface area contributed by atoms with Gasteiger partial charge in [0, 0.05) is 19.8 Å². The molecule has 27 heavy (non-hydrogen) atoms. The van der Waals surface area contributed by atoms with Gasteiger partial charge in [0.25, 0.3) is 0 Å². The van der Waals surface area contributed by atoms with Gasteiger partial charge in [0.1, 0.15) is 11.7 Å². The quantitative estimate of drug-likeness (QED) is 0.610. The van der Waals surface area contributed by atoms with E-state index in [2.05, 4.69) is 30.8 Å². The Balaban J connectivity index is 1.45. The molecule has 3 heterocycles. The summed E-state index contributed by atoms with van der Waals surface area (Å²) >= 11 is 0. The molecular formula is C16H18F3N5O3. The van der Waals surface area contributed by atoms with Crippen LogP contribution >= 0.6 is 0 Å². The zero-order chi connectivity index (χ0) is 19.0. The van der Waals surface area contributed by atoms with Crippen LogP contribution in [-0.4, -0.2) is 55.1 Å². The Morgan fingerprint density at radius 1 is 1.33 bits per heavy atom. The number of nitrogens with zero attached hydrogens (tertiary/aromatic N) is 2. The van der Waals surface area contributed by atoms with Crippen LogP contribution in [0.4, 0.5) is 13.2 Å². The molecule has 146 valence electrons. The van der Waals surface area contributed by atoms with Gasteiger partial charge in [-0.2, -0.15) is 0 Å². The fourth-order valence-corrected chi connectivity index (χ4v) is 3.28. The third kappa shape index (κ3) is 3.99. The Hall–Kier alpha value is -2.37. The topological polar surface area (TPSA) is 87.2 Å². The van der Waals surface area contributed by atoms with Crippen LogP contribution in [-0.2, 0) is 14.3 Å².